The fourth-order valence-corrected chi connectivity index (χ4v) is 2.71. The summed E-state index contributed by atoms with van der Waals surface area (Å²) in [6, 6.07) is 9.87. The molecule has 1 aromatic carbocycles. The van der Waals surface area contributed by atoms with Crippen LogP contribution in [0.4, 0.5) is 5.82 Å². The zero-order chi connectivity index (χ0) is 14.8. The van der Waals surface area contributed by atoms with Gasteiger partial charge < -0.3 is 4.90 Å². The maximum absolute atomic E-state index is 5.97. The SMILES string of the molecule is CC(C)c1cc(N2CCCC2)nc(-c2ccc(Cl)cc2)n1. The lowest BCUT2D eigenvalue weighted by molar-refractivity contribution is 0.808. The number of anilines is 1. The van der Waals surface area contributed by atoms with Crippen molar-refractivity contribution in [3.63, 3.8) is 0 Å². The number of hydrogen-bond acceptors (Lipinski definition) is 3. The smallest absolute Gasteiger partial charge is 0.161 e. The largest absolute Gasteiger partial charge is 0.356 e. The van der Waals surface area contributed by atoms with E-state index in [1.807, 2.05) is 24.3 Å². The Morgan fingerprint density at radius 1 is 1.05 bits per heavy atom. The number of rotatable bonds is 3. The lowest BCUT2D eigenvalue weighted by atomic mass is 10.1. The van der Waals surface area contributed by atoms with Gasteiger partial charge in [0, 0.05) is 35.4 Å². The maximum Gasteiger partial charge on any atom is 0.161 e. The van der Waals surface area contributed by atoms with E-state index < -0.39 is 0 Å². The van der Waals surface area contributed by atoms with Crippen LogP contribution in [0, 0.1) is 0 Å². The average Bonchev–Trinajstić information content (AvgIpc) is 3.02. The van der Waals surface area contributed by atoms with Gasteiger partial charge in [-0.05, 0) is 43.0 Å². The van der Waals surface area contributed by atoms with Crippen LogP contribution < -0.4 is 4.90 Å². The second-order valence-electron chi connectivity index (χ2n) is 5.83. The fraction of sp³-hybridized carbons (Fsp3) is 0.412. The first-order valence-electron chi connectivity index (χ1n) is 7.53. The van der Waals surface area contributed by atoms with Crippen molar-refractivity contribution in [2.45, 2.75) is 32.6 Å². The van der Waals surface area contributed by atoms with Crippen molar-refractivity contribution in [3.8, 4) is 11.4 Å². The van der Waals surface area contributed by atoms with Crippen LogP contribution in [0.3, 0.4) is 0 Å². The van der Waals surface area contributed by atoms with Crippen molar-refractivity contribution in [3.05, 3.63) is 41.0 Å². The summed E-state index contributed by atoms with van der Waals surface area (Å²) in [5, 5.41) is 0.735. The van der Waals surface area contributed by atoms with Crippen LogP contribution in [-0.2, 0) is 0 Å². The van der Waals surface area contributed by atoms with E-state index in [0.717, 1.165) is 41.0 Å². The Bertz CT molecular complexity index is 616. The van der Waals surface area contributed by atoms with E-state index in [0.29, 0.717) is 5.92 Å². The molecule has 2 aromatic rings. The molecule has 0 amide bonds. The molecule has 0 atom stereocenters. The number of halogens is 1. The molecule has 21 heavy (non-hydrogen) atoms. The first kappa shape index (κ1) is 14.3. The van der Waals surface area contributed by atoms with Gasteiger partial charge in [-0.25, -0.2) is 9.97 Å². The van der Waals surface area contributed by atoms with E-state index in [-0.39, 0.29) is 0 Å². The van der Waals surface area contributed by atoms with Gasteiger partial charge >= 0.3 is 0 Å². The van der Waals surface area contributed by atoms with Gasteiger partial charge in [0.2, 0.25) is 0 Å². The third kappa shape index (κ3) is 3.18. The van der Waals surface area contributed by atoms with E-state index >= 15 is 0 Å². The second-order valence-corrected chi connectivity index (χ2v) is 6.27. The predicted octanol–water partition coefficient (Wildman–Crippen LogP) is 4.52. The molecule has 1 aliphatic heterocycles. The highest BCUT2D eigenvalue weighted by atomic mass is 35.5. The van der Waals surface area contributed by atoms with Crippen LogP contribution in [-0.4, -0.2) is 23.1 Å². The van der Waals surface area contributed by atoms with Gasteiger partial charge in [-0.3, -0.25) is 0 Å². The Morgan fingerprint density at radius 2 is 1.71 bits per heavy atom. The third-order valence-corrected chi connectivity index (χ3v) is 4.11. The highest BCUT2D eigenvalue weighted by molar-refractivity contribution is 6.30. The van der Waals surface area contributed by atoms with Gasteiger partial charge in [0.15, 0.2) is 5.82 Å². The van der Waals surface area contributed by atoms with E-state index in [9.17, 15) is 0 Å². The highest BCUT2D eigenvalue weighted by Gasteiger charge is 2.17. The van der Waals surface area contributed by atoms with Crippen molar-refractivity contribution in [2.24, 2.45) is 0 Å². The summed E-state index contributed by atoms with van der Waals surface area (Å²) in [5.41, 5.74) is 2.11. The van der Waals surface area contributed by atoms with E-state index in [1.165, 1.54) is 12.8 Å². The zero-order valence-electron chi connectivity index (χ0n) is 12.5. The first-order chi connectivity index (χ1) is 10.1. The summed E-state index contributed by atoms with van der Waals surface area (Å²) >= 11 is 5.97. The fourth-order valence-electron chi connectivity index (χ4n) is 2.58. The van der Waals surface area contributed by atoms with Gasteiger partial charge in [-0.1, -0.05) is 25.4 Å². The summed E-state index contributed by atoms with van der Waals surface area (Å²) in [6.07, 6.45) is 2.49. The molecule has 0 aliphatic carbocycles. The van der Waals surface area contributed by atoms with Gasteiger partial charge in [0.25, 0.3) is 0 Å². The molecule has 0 radical (unpaired) electrons. The molecule has 2 heterocycles. The highest BCUT2D eigenvalue weighted by Crippen LogP contribution is 2.26. The van der Waals surface area contributed by atoms with Crippen LogP contribution in [0.5, 0.6) is 0 Å². The molecule has 0 saturated carbocycles. The van der Waals surface area contributed by atoms with Crippen molar-refractivity contribution in [1.82, 2.24) is 9.97 Å². The molecule has 1 aliphatic rings. The number of nitrogens with zero attached hydrogens (tertiary/aromatic N) is 3. The van der Waals surface area contributed by atoms with E-state index in [1.54, 1.807) is 0 Å². The minimum atomic E-state index is 0.389. The molecule has 0 unspecified atom stereocenters. The Labute approximate surface area is 131 Å². The third-order valence-electron chi connectivity index (χ3n) is 3.86. The van der Waals surface area contributed by atoms with Crippen molar-refractivity contribution >= 4 is 17.4 Å². The lowest BCUT2D eigenvalue weighted by Gasteiger charge is -2.19. The summed E-state index contributed by atoms with van der Waals surface area (Å²) in [5.74, 6) is 2.23. The number of aromatic nitrogens is 2. The Morgan fingerprint density at radius 3 is 2.33 bits per heavy atom. The summed E-state index contributed by atoms with van der Waals surface area (Å²) < 4.78 is 0. The molecule has 1 fully saturated rings. The van der Waals surface area contributed by atoms with Crippen LogP contribution in [0.1, 0.15) is 38.3 Å². The van der Waals surface area contributed by atoms with Crippen LogP contribution in [0.2, 0.25) is 5.02 Å². The van der Waals surface area contributed by atoms with Crippen molar-refractivity contribution < 1.29 is 0 Å². The molecule has 0 bridgehead atoms. The second kappa shape index (κ2) is 6.02. The molecule has 0 N–H and O–H groups in total. The normalized spacial score (nSPS) is 15.0. The Hall–Kier alpha value is -1.61. The molecule has 1 aromatic heterocycles. The molecular weight excluding hydrogens is 282 g/mol. The van der Waals surface area contributed by atoms with E-state index in [4.69, 9.17) is 21.6 Å². The van der Waals surface area contributed by atoms with Crippen LogP contribution in [0.15, 0.2) is 30.3 Å². The minimum Gasteiger partial charge on any atom is -0.356 e. The molecule has 1 saturated heterocycles. The van der Waals surface area contributed by atoms with Crippen LogP contribution >= 0.6 is 11.6 Å². The number of hydrogen-bond donors (Lipinski definition) is 0. The summed E-state index contributed by atoms with van der Waals surface area (Å²) in [6.45, 7) is 6.52. The zero-order valence-corrected chi connectivity index (χ0v) is 13.3. The van der Waals surface area contributed by atoms with Gasteiger partial charge in [-0.15, -0.1) is 0 Å². The standard InChI is InChI=1S/C17H20ClN3/c1-12(2)15-11-16(21-9-3-4-10-21)20-17(19-15)13-5-7-14(18)8-6-13/h5-8,11-12H,3-4,9-10H2,1-2H3. The molecule has 110 valence electrons. The van der Waals surface area contributed by atoms with Crippen LogP contribution in [0.25, 0.3) is 11.4 Å². The maximum atomic E-state index is 5.97. The Kier molecular flexibility index (Phi) is 4.11. The minimum absolute atomic E-state index is 0.389. The average molecular weight is 302 g/mol. The number of benzene rings is 1. The molecule has 0 spiro atoms. The van der Waals surface area contributed by atoms with E-state index in [2.05, 4.69) is 24.8 Å². The lowest BCUT2D eigenvalue weighted by Crippen LogP contribution is -2.20. The molecule has 3 nitrogen and oxygen atoms in total. The summed E-state index contributed by atoms with van der Waals surface area (Å²) in [7, 11) is 0. The quantitative estimate of drug-likeness (QED) is 0.834. The monoisotopic (exact) mass is 301 g/mol. The molecular formula is C17H20ClN3. The molecule has 3 rings (SSSR count). The summed E-state index contributed by atoms with van der Waals surface area (Å²) in [4.78, 5) is 11.8. The first-order valence-corrected chi connectivity index (χ1v) is 7.91. The van der Waals surface area contributed by atoms with Crippen molar-refractivity contribution in [1.29, 1.82) is 0 Å². The Balaban J connectivity index is 2.04. The predicted molar refractivity (Wildman–Crippen MR) is 88.0 cm³/mol. The topological polar surface area (TPSA) is 29.0 Å². The van der Waals surface area contributed by atoms with Crippen molar-refractivity contribution in [2.75, 3.05) is 18.0 Å². The molecule has 4 heteroatoms. The van der Waals surface area contributed by atoms with Gasteiger partial charge in [0.1, 0.15) is 5.82 Å². The van der Waals surface area contributed by atoms with Gasteiger partial charge in [0.05, 0.1) is 0 Å². The van der Waals surface area contributed by atoms with Gasteiger partial charge in [-0.2, -0.15) is 0 Å².